The molecular weight excluding hydrogens is 365 g/mol. The molecule has 0 N–H and O–H groups in total. The number of hydrogen-bond acceptors (Lipinski definition) is 5. The first kappa shape index (κ1) is 18.6. The third-order valence-electron chi connectivity index (χ3n) is 4.29. The molecular formula is C16H21ClFN5O3. The van der Waals surface area contributed by atoms with Crippen molar-refractivity contribution in [3.8, 4) is 0 Å². The summed E-state index contributed by atoms with van der Waals surface area (Å²) >= 11 is 5.84. The molecule has 10 heteroatoms. The summed E-state index contributed by atoms with van der Waals surface area (Å²) < 4.78 is 22.9. The molecule has 3 heterocycles. The van der Waals surface area contributed by atoms with Gasteiger partial charge >= 0.3 is 11.8 Å². The van der Waals surface area contributed by atoms with Gasteiger partial charge in [0, 0.05) is 13.6 Å². The van der Waals surface area contributed by atoms with Gasteiger partial charge in [-0.1, -0.05) is 0 Å². The van der Waals surface area contributed by atoms with Gasteiger partial charge in [0.05, 0.1) is 18.8 Å². The number of carbonyl (C=O) groups excluding carboxylic acids is 1. The van der Waals surface area contributed by atoms with Crippen LogP contribution < -0.4 is 5.69 Å². The van der Waals surface area contributed by atoms with Crippen LogP contribution in [0.2, 0.25) is 5.28 Å². The first-order valence-corrected chi connectivity index (χ1v) is 8.68. The summed E-state index contributed by atoms with van der Waals surface area (Å²) in [4.78, 5) is 34.0. The Morgan fingerprint density at radius 2 is 2.12 bits per heavy atom. The minimum atomic E-state index is -1.44. The molecule has 26 heavy (non-hydrogen) atoms. The Bertz CT molecular complexity index is 904. The number of halogens is 2. The van der Waals surface area contributed by atoms with Gasteiger partial charge in [-0.15, -0.1) is 0 Å². The third-order valence-corrected chi connectivity index (χ3v) is 4.48. The highest BCUT2D eigenvalue weighted by atomic mass is 35.5. The Morgan fingerprint density at radius 3 is 2.73 bits per heavy atom. The zero-order valence-corrected chi connectivity index (χ0v) is 15.8. The van der Waals surface area contributed by atoms with Crippen LogP contribution in [0.15, 0.2) is 11.0 Å². The number of aryl methyl sites for hydroxylation is 1. The lowest BCUT2D eigenvalue weighted by atomic mass is 10.0. The fraction of sp³-hybridized carbons (Fsp3) is 0.625. The van der Waals surface area contributed by atoms with Gasteiger partial charge in [-0.2, -0.15) is 4.98 Å². The Balaban J connectivity index is 1.88. The number of nitrogens with zero attached hydrogens (tertiary/aromatic N) is 5. The van der Waals surface area contributed by atoms with Crippen molar-refractivity contribution in [1.29, 1.82) is 0 Å². The molecule has 142 valence electrons. The van der Waals surface area contributed by atoms with Gasteiger partial charge in [-0.25, -0.2) is 19.0 Å². The number of aromatic nitrogens is 4. The molecule has 8 nitrogen and oxygen atoms in total. The van der Waals surface area contributed by atoms with E-state index in [9.17, 15) is 14.0 Å². The molecule has 0 bridgehead atoms. The van der Waals surface area contributed by atoms with Crippen molar-refractivity contribution in [2.24, 2.45) is 7.05 Å². The Kier molecular flexibility index (Phi) is 4.68. The number of imidazole rings is 1. The molecule has 1 aliphatic rings. The van der Waals surface area contributed by atoms with Gasteiger partial charge in [0.1, 0.15) is 17.3 Å². The molecule has 1 fully saturated rings. The Morgan fingerprint density at radius 1 is 1.42 bits per heavy atom. The van der Waals surface area contributed by atoms with Gasteiger partial charge in [0.15, 0.2) is 5.65 Å². The number of piperidine rings is 1. The SMILES string of the molecule is Cn1c(=O)n(C2CCN(C(=O)OC(C)(C)C)C[C@H]2F)c2nc(Cl)ncc21. The predicted octanol–water partition coefficient (Wildman–Crippen LogP) is 2.30. The second-order valence-corrected chi connectivity index (χ2v) is 7.70. The maximum absolute atomic E-state index is 14.9. The van der Waals surface area contributed by atoms with Gasteiger partial charge in [0.25, 0.3) is 0 Å². The molecule has 0 saturated carbocycles. The van der Waals surface area contributed by atoms with E-state index >= 15 is 0 Å². The van der Waals surface area contributed by atoms with Crippen LogP contribution in [-0.2, 0) is 11.8 Å². The van der Waals surface area contributed by atoms with E-state index in [1.165, 1.54) is 20.2 Å². The third kappa shape index (κ3) is 3.40. The van der Waals surface area contributed by atoms with Crippen molar-refractivity contribution in [3.63, 3.8) is 0 Å². The maximum atomic E-state index is 14.9. The average molecular weight is 386 g/mol. The summed E-state index contributed by atoms with van der Waals surface area (Å²) in [5.74, 6) is 0. The zero-order chi connectivity index (χ0) is 19.2. The van der Waals surface area contributed by atoms with Gasteiger partial charge in [-0.05, 0) is 38.8 Å². The van der Waals surface area contributed by atoms with Crippen LogP contribution in [0.5, 0.6) is 0 Å². The summed E-state index contributed by atoms with van der Waals surface area (Å²) in [5, 5.41) is -0.0153. The minimum Gasteiger partial charge on any atom is -0.444 e. The van der Waals surface area contributed by atoms with Crippen LogP contribution in [0, 0.1) is 0 Å². The van der Waals surface area contributed by atoms with E-state index in [0.717, 1.165) is 0 Å². The van der Waals surface area contributed by atoms with E-state index in [1.54, 1.807) is 27.8 Å². The van der Waals surface area contributed by atoms with Crippen molar-refractivity contribution in [2.75, 3.05) is 13.1 Å². The molecule has 0 spiro atoms. The monoisotopic (exact) mass is 385 g/mol. The topological polar surface area (TPSA) is 82.2 Å². The molecule has 3 rings (SSSR count). The fourth-order valence-corrected chi connectivity index (χ4v) is 3.22. The number of rotatable bonds is 1. The van der Waals surface area contributed by atoms with Crippen LogP contribution in [0.25, 0.3) is 11.2 Å². The van der Waals surface area contributed by atoms with Crippen LogP contribution in [0.4, 0.5) is 9.18 Å². The highest BCUT2D eigenvalue weighted by Gasteiger charge is 2.36. The van der Waals surface area contributed by atoms with Crippen molar-refractivity contribution in [1.82, 2.24) is 24.0 Å². The van der Waals surface area contributed by atoms with E-state index in [-0.39, 0.29) is 30.4 Å². The average Bonchev–Trinajstić information content (AvgIpc) is 2.77. The highest BCUT2D eigenvalue weighted by molar-refractivity contribution is 6.28. The molecule has 1 unspecified atom stereocenters. The van der Waals surface area contributed by atoms with Gasteiger partial charge < -0.3 is 9.64 Å². The van der Waals surface area contributed by atoms with E-state index in [2.05, 4.69) is 9.97 Å². The number of carbonyl (C=O) groups is 1. The van der Waals surface area contributed by atoms with Crippen LogP contribution in [0.3, 0.4) is 0 Å². The molecule has 0 radical (unpaired) electrons. The first-order chi connectivity index (χ1) is 12.1. The second kappa shape index (κ2) is 6.53. The molecule has 2 atom stereocenters. The van der Waals surface area contributed by atoms with E-state index in [4.69, 9.17) is 16.3 Å². The first-order valence-electron chi connectivity index (χ1n) is 8.30. The van der Waals surface area contributed by atoms with Gasteiger partial charge in [0.2, 0.25) is 5.28 Å². The summed E-state index contributed by atoms with van der Waals surface area (Å²) in [6, 6.07) is -0.740. The fourth-order valence-electron chi connectivity index (χ4n) is 3.09. The van der Waals surface area contributed by atoms with Crippen molar-refractivity contribution < 1.29 is 13.9 Å². The largest absolute Gasteiger partial charge is 0.444 e. The maximum Gasteiger partial charge on any atom is 0.410 e. The van der Waals surface area contributed by atoms with Crippen LogP contribution >= 0.6 is 11.6 Å². The van der Waals surface area contributed by atoms with Crippen molar-refractivity contribution >= 4 is 28.9 Å². The van der Waals surface area contributed by atoms with Crippen LogP contribution in [-0.4, -0.2) is 55.0 Å². The smallest absolute Gasteiger partial charge is 0.410 e. The lowest BCUT2D eigenvalue weighted by Gasteiger charge is -2.35. The number of alkyl halides is 1. The lowest BCUT2D eigenvalue weighted by molar-refractivity contribution is 0.00675. The number of amides is 1. The van der Waals surface area contributed by atoms with Crippen LogP contribution in [0.1, 0.15) is 33.2 Å². The Labute approximate surface area is 154 Å². The van der Waals surface area contributed by atoms with Crippen molar-refractivity contribution in [3.05, 3.63) is 22.0 Å². The number of hydrogen-bond donors (Lipinski definition) is 0. The molecule has 1 saturated heterocycles. The quantitative estimate of drug-likeness (QED) is 0.703. The molecule has 0 aliphatic carbocycles. The van der Waals surface area contributed by atoms with E-state index in [0.29, 0.717) is 5.52 Å². The summed E-state index contributed by atoms with van der Waals surface area (Å²) in [6.45, 7) is 5.39. The molecule has 2 aromatic heterocycles. The number of ether oxygens (including phenoxy) is 1. The van der Waals surface area contributed by atoms with Crippen molar-refractivity contribution in [2.45, 2.75) is 45.0 Å². The predicted molar refractivity (Wildman–Crippen MR) is 94.1 cm³/mol. The van der Waals surface area contributed by atoms with E-state index in [1.807, 2.05) is 0 Å². The minimum absolute atomic E-state index is 0.0153. The van der Waals surface area contributed by atoms with E-state index < -0.39 is 29.6 Å². The number of fused-ring (bicyclic) bond motifs is 1. The highest BCUT2D eigenvalue weighted by Crippen LogP contribution is 2.28. The standard InChI is InChI=1S/C16H21ClFN5O3/c1-16(2,3)26-15(25)22-6-5-10(9(18)8-22)23-12-11(21(4)14(23)24)7-19-13(17)20-12/h7,9-10H,5-6,8H2,1-4H3/t9-,10?/m1/s1. The molecule has 1 aliphatic heterocycles. The molecule has 0 aromatic carbocycles. The second-order valence-electron chi connectivity index (χ2n) is 7.36. The summed E-state index contributed by atoms with van der Waals surface area (Å²) in [5.41, 5.74) is -0.285. The number of likely N-dealkylation sites (tertiary alicyclic amines) is 1. The van der Waals surface area contributed by atoms with Gasteiger partial charge in [-0.3, -0.25) is 9.13 Å². The lowest BCUT2D eigenvalue weighted by Crippen LogP contribution is -2.48. The Hall–Kier alpha value is -2.16. The zero-order valence-electron chi connectivity index (χ0n) is 15.1. The molecule has 2 aromatic rings. The summed E-state index contributed by atoms with van der Waals surface area (Å²) in [7, 11) is 1.57. The summed E-state index contributed by atoms with van der Waals surface area (Å²) in [6.07, 6.45) is -0.297. The normalized spacial score (nSPS) is 21.2. The molecule has 1 amide bonds.